The maximum atomic E-state index is 10.6. The van der Waals surface area contributed by atoms with Gasteiger partial charge in [0.2, 0.25) is 5.89 Å². The number of benzene rings is 1. The van der Waals surface area contributed by atoms with Gasteiger partial charge in [0.15, 0.2) is 0 Å². The minimum absolute atomic E-state index is 0.0659. The molecule has 0 N–H and O–H groups in total. The van der Waals surface area contributed by atoms with Crippen LogP contribution in [0.25, 0.3) is 11.5 Å². The van der Waals surface area contributed by atoms with Crippen molar-refractivity contribution in [3.63, 3.8) is 0 Å². The summed E-state index contributed by atoms with van der Waals surface area (Å²) in [6, 6.07) is 10.4. The predicted octanol–water partition coefficient (Wildman–Crippen LogP) is 3.95. The molecule has 7 nitrogen and oxygen atoms in total. The normalized spacial score (nSPS) is 10.6. The van der Waals surface area contributed by atoms with Crippen LogP contribution in [-0.2, 0) is 0 Å². The lowest BCUT2D eigenvalue weighted by atomic mass is 10.2. The Morgan fingerprint density at radius 2 is 2.00 bits per heavy atom. The molecule has 0 atom stereocenters. The minimum atomic E-state index is -0.501. The van der Waals surface area contributed by atoms with Crippen LogP contribution in [0.5, 0.6) is 0 Å². The van der Waals surface area contributed by atoms with Crippen LogP contribution in [0.3, 0.4) is 0 Å². The number of pyridine rings is 1. The summed E-state index contributed by atoms with van der Waals surface area (Å²) >= 11 is 4.56. The Morgan fingerprint density at radius 3 is 2.68 bits per heavy atom. The van der Waals surface area contributed by atoms with Crippen molar-refractivity contribution < 1.29 is 9.34 Å². The van der Waals surface area contributed by atoms with Crippen molar-refractivity contribution in [1.82, 2.24) is 15.2 Å². The molecule has 0 aliphatic heterocycles. The van der Waals surface area contributed by atoms with Crippen molar-refractivity contribution in [2.75, 3.05) is 0 Å². The van der Waals surface area contributed by atoms with Gasteiger partial charge in [-0.3, -0.25) is 10.1 Å². The van der Waals surface area contributed by atoms with Crippen LogP contribution in [-0.4, -0.2) is 20.1 Å². The van der Waals surface area contributed by atoms with Gasteiger partial charge in [-0.2, -0.15) is 0 Å². The van der Waals surface area contributed by atoms with E-state index in [0.717, 1.165) is 21.8 Å². The summed E-state index contributed by atoms with van der Waals surface area (Å²) in [5.74, 6) is 0.386. The summed E-state index contributed by atoms with van der Waals surface area (Å²) in [5, 5.41) is 19.3. The molecule has 1 aromatic carbocycles. The van der Waals surface area contributed by atoms with Crippen LogP contribution < -0.4 is 0 Å². The van der Waals surface area contributed by atoms with Gasteiger partial charge in [-0.1, -0.05) is 12.1 Å². The lowest BCUT2D eigenvalue weighted by Crippen LogP contribution is -1.89. The standard InChI is InChI=1S/C13H7BrN4O3S/c14-10-4-2-1-3-9(10)12-16-17-13(21-12)22-11-6-5-8(7-15-11)18(19)20/h1-7H. The highest BCUT2D eigenvalue weighted by molar-refractivity contribution is 9.10. The zero-order valence-electron chi connectivity index (χ0n) is 10.8. The van der Waals surface area contributed by atoms with Gasteiger partial charge >= 0.3 is 0 Å². The minimum Gasteiger partial charge on any atom is -0.411 e. The van der Waals surface area contributed by atoms with Gasteiger partial charge in [0.05, 0.1) is 10.5 Å². The molecule has 3 rings (SSSR count). The average molecular weight is 379 g/mol. The summed E-state index contributed by atoms with van der Waals surface area (Å²) in [4.78, 5) is 14.1. The lowest BCUT2D eigenvalue weighted by molar-refractivity contribution is -0.385. The molecular formula is C13H7BrN4O3S. The van der Waals surface area contributed by atoms with E-state index in [-0.39, 0.29) is 5.69 Å². The number of aromatic nitrogens is 3. The van der Waals surface area contributed by atoms with Gasteiger partial charge < -0.3 is 4.42 Å². The predicted molar refractivity (Wildman–Crippen MR) is 82.4 cm³/mol. The topological polar surface area (TPSA) is 95.0 Å². The van der Waals surface area contributed by atoms with Crippen molar-refractivity contribution in [2.24, 2.45) is 0 Å². The van der Waals surface area contributed by atoms with Crippen molar-refractivity contribution >= 4 is 33.4 Å². The molecule has 0 aliphatic carbocycles. The van der Waals surface area contributed by atoms with Crippen LogP contribution in [0, 0.1) is 10.1 Å². The Balaban J connectivity index is 1.80. The van der Waals surface area contributed by atoms with E-state index in [9.17, 15) is 10.1 Å². The van der Waals surface area contributed by atoms with Crippen molar-refractivity contribution in [2.45, 2.75) is 10.2 Å². The largest absolute Gasteiger partial charge is 0.411 e. The second kappa shape index (κ2) is 6.24. The van der Waals surface area contributed by atoms with Gasteiger partial charge in [0.1, 0.15) is 11.2 Å². The number of hydrogen-bond acceptors (Lipinski definition) is 7. The molecule has 9 heteroatoms. The lowest BCUT2D eigenvalue weighted by Gasteiger charge is -1.97. The summed E-state index contributed by atoms with van der Waals surface area (Å²) in [6.45, 7) is 0. The second-order valence-corrected chi connectivity index (χ2v) is 5.89. The Bertz CT molecular complexity index is 822. The molecule has 0 radical (unpaired) electrons. The SMILES string of the molecule is O=[N+]([O-])c1ccc(Sc2nnc(-c3ccccc3Br)o2)nc1. The number of hydrogen-bond donors (Lipinski definition) is 0. The van der Waals surface area contributed by atoms with Crippen LogP contribution in [0.2, 0.25) is 0 Å². The van der Waals surface area contributed by atoms with E-state index in [1.165, 1.54) is 18.3 Å². The van der Waals surface area contributed by atoms with Gasteiger partial charge in [-0.05, 0) is 45.9 Å². The molecule has 0 unspecified atom stereocenters. The van der Waals surface area contributed by atoms with Gasteiger partial charge in [0.25, 0.3) is 10.9 Å². The summed E-state index contributed by atoms with van der Waals surface area (Å²) in [5.41, 5.74) is 0.724. The Kier molecular flexibility index (Phi) is 4.16. The van der Waals surface area contributed by atoms with Crippen molar-refractivity contribution in [1.29, 1.82) is 0 Å². The molecule has 2 aromatic heterocycles. The maximum Gasteiger partial charge on any atom is 0.287 e. The third-order valence-electron chi connectivity index (χ3n) is 2.63. The summed E-state index contributed by atoms with van der Waals surface area (Å²) in [7, 11) is 0. The van der Waals surface area contributed by atoms with E-state index >= 15 is 0 Å². The van der Waals surface area contributed by atoms with E-state index < -0.39 is 4.92 Å². The first-order chi connectivity index (χ1) is 10.6. The van der Waals surface area contributed by atoms with E-state index in [1.54, 1.807) is 0 Å². The van der Waals surface area contributed by atoms with E-state index in [1.807, 2.05) is 24.3 Å². The zero-order chi connectivity index (χ0) is 15.5. The van der Waals surface area contributed by atoms with Crippen LogP contribution in [0.4, 0.5) is 5.69 Å². The molecular weight excluding hydrogens is 372 g/mol. The molecule has 0 spiro atoms. The van der Waals surface area contributed by atoms with Gasteiger partial charge in [-0.25, -0.2) is 4.98 Å². The number of halogens is 1. The highest BCUT2D eigenvalue weighted by Gasteiger charge is 2.13. The molecule has 110 valence electrons. The van der Waals surface area contributed by atoms with E-state index in [2.05, 4.69) is 31.1 Å². The second-order valence-electron chi connectivity index (χ2n) is 4.07. The molecule has 3 aromatic rings. The Hall–Kier alpha value is -2.26. The van der Waals surface area contributed by atoms with Crippen LogP contribution in [0.1, 0.15) is 0 Å². The summed E-state index contributed by atoms with van der Waals surface area (Å²) in [6.07, 6.45) is 1.19. The van der Waals surface area contributed by atoms with Crippen LogP contribution in [0.15, 0.2) is 61.7 Å². The fourth-order valence-electron chi connectivity index (χ4n) is 1.62. The monoisotopic (exact) mass is 378 g/mol. The van der Waals surface area contributed by atoms with Crippen molar-refractivity contribution in [3.05, 3.63) is 57.2 Å². The van der Waals surface area contributed by atoms with E-state index in [4.69, 9.17) is 4.42 Å². The summed E-state index contributed by atoms with van der Waals surface area (Å²) < 4.78 is 6.42. The molecule has 0 saturated heterocycles. The average Bonchev–Trinajstić information content (AvgIpc) is 2.96. The highest BCUT2D eigenvalue weighted by Crippen LogP contribution is 2.31. The van der Waals surface area contributed by atoms with Crippen LogP contribution >= 0.6 is 27.7 Å². The van der Waals surface area contributed by atoms with Crippen molar-refractivity contribution in [3.8, 4) is 11.5 Å². The molecule has 0 aliphatic rings. The Morgan fingerprint density at radius 1 is 1.18 bits per heavy atom. The first-order valence-corrected chi connectivity index (χ1v) is 7.61. The van der Waals surface area contributed by atoms with Gasteiger partial charge in [-0.15, -0.1) is 10.2 Å². The highest BCUT2D eigenvalue weighted by atomic mass is 79.9. The molecule has 0 saturated carbocycles. The number of rotatable bonds is 4. The molecule has 2 heterocycles. The maximum absolute atomic E-state index is 10.6. The first kappa shape index (κ1) is 14.7. The molecule has 22 heavy (non-hydrogen) atoms. The quantitative estimate of drug-likeness (QED) is 0.500. The van der Waals surface area contributed by atoms with E-state index in [0.29, 0.717) is 16.1 Å². The fourth-order valence-corrected chi connectivity index (χ4v) is 2.70. The zero-order valence-corrected chi connectivity index (χ0v) is 13.2. The number of nitrogens with zero attached hydrogens (tertiary/aromatic N) is 4. The Labute approximate surface area is 137 Å². The molecule has 0 amide bonds. The first-order valence-electron chi connectivity index (χ1n) is 6.00. The third-order valence-corrected chi connectivity index (χ3v) is 4.12. The molecule has 0 fully saturated rings. The number of nitro groups is 1. The van der Waals surface area contributed by atoms with Gasteiger partial charge in [0, 0.05) is 10.5 Å². The smallest absolute Gasteiger partial charge is 0.287 e. The third kappa shape index (κ3) is 3.15. The fraction of sp³-hybridized carbons (Fsp3) is 0. The molecule has 0 bridgehead atoms.